The fourth-order valence-electron chi connectivity index (χ4n) is 5.05. The van der Waals surface area contributed by atoms with E-state index in [-0.39, 0.29) is 23.4 Å². The summed E-state index contributed by atoms with van der Waals surface area (Å²) in [7, 11) is 0. The molecule has 0 radical (unpaired) electrons. The van der Waals surface area contributed by atoms with Crippen molar-refractivity contribution in [1.29, 1.82) is 0 Å². The third kappa shape index (κ3) is 8.41. The van der Waals surface area contributed by atoms with Gasteiger partial charge in [0.2, 0.25) is 5.91 Å². The molecule has 0 bridgehead atoms. The van der Waals surface area contributed by atoms with Gasteiger partial charge in [0, 0.05) is 31.7 Å². The smallest absolute Gasteiger partial charge is 0.306 e. The number of hydrogen-bond donors (Lipinski definition) is 3. The van der Waals surface area contributed by atoms with Gasteiger partial charge in [-0.1, -0.05) is 103 Å². The van der Waals surface area contributed by atoms with Crippen LogP contribution in [0.2, 0.25) is 5.15 Å². The Morgan fingerprint density at radius 1 is 0.826 bits per heavy atom. The number of carbonyl (C=O) groups is 1. The van der Waals surface area contributed by atoms with Crippen molar-refractivity contribution in [2.45, 2.75) is 31.5 Å². The molecule has 2 heterocycles. The largest absolute Gasteiger partial charge is 0.359 e. The van der Waals surface area contributed by atoms with Crippen LogP contribution in [0.5, 0.6) is 0 Å². The van der Waals surface area contributed by atoms with Gasteiger partial charge >= 0.3 is 5.92 Å². The minimum absolute atomic E-state index is 0.0989. The molecule has 2 aromatic heterocycles. The van der Waals surface area contributed by atoms with E-state index >= 15 is 0 Å². The van der Waals surface area contributed by atoms with Gasteiger partial charge in [-0.15, -0.1) is 0 Å². The number of nitrogens with one attached hydrogen (secondary N) is 3. The van der Waals surface area contributed by atoms with Crippen molar-refractivity contribution in [2.24, 2.45) is 0 Å². The van der Waals surface area contributed by atoms with Crippen molar-refractivity contribution in [3.8, 4) is 0 Å². The second kappa shape index (κ2) is 15.4. The van der Waals surface area contributed by atoms with Crippen LogP contribution in [-0.4, -0.2) is 33.5 Å². The van der Waals surface area contributed by atoms with Crippen molar-refractivity contribution in [3.05, 3.63) is 159 Å². The second-order valence-corrected chi connectivity index (χ2v) is 11.0. The normalized spacial score (nSPS) is 11.4. The maximum atomic E-state index is 14.6. The number of carbonyl (C=O) groups excluding carboxylic acids is 1. The third-order valence-electron chi connectivity index (χ3n) is 7.49. The summed E-state index contributed by atoms with van der Waals surface area (Å²) in [5.74, 6) is -4.02. The molecule has 0 spiro atoms. The van der Waals surface area contributed by atoms with Crippen molar-refractivity contribution in [1.82, 2.24) is 25.2 Å². The Balaban J connectivity index is 1.19. The lowest BCUT2D eigenvalue weighted by Gasteiger charge is -2.20. The Morgan fingerprint density at radius 2 is 1.43 bits per heavy atom. The molecule has 5 rings (SSSR count). The van der Waals surface area contributed by atoms with E-state index in [1.165, 1.54) is 35.5 Å². The number of nitrogens with zero attached hydrogens (tertiary/aromatic N) is 3. The molecular weight excluding hydrogens is 610 g/mol. The molecule has 3 N–H and O–H groups in total. The molecule has 5 aromatic rings. The number of anilines is 1. The van der Waals surface area contributed by atoms with E-state index in [9.17, 15) is 18.4 Å². The molecule has 236 valence electrons. The second-order valence-electron chi connectivity index (χ2n) is 10.6. The summed E-state index contributed by atoms with van der Waals surface area (Å²) in [6.07, 6.45) is 2.40. The predicted molar refractivity (Wildman–Crippen MR) is 175 cm³/mol. The van der Waals surface area contributed by atoms with E-state index in [1.807, 2.05) is 60.7 Å². The van der Waals surface area contributed by atoms with Crippen LogP contribution in [0.25, 0.3) is 0 Å². The molecule has 0 aliphatic rings. The molecule has 0 saturated carbocycles. The lowest BCUT2D eigenvalue weighted by molar-refractivity contribution is -0.121. The zero-order chi connectivity index (χ0) is 32.4. The van der Waals surface area contributed by atoms with Crippen molar-refractivity contribution in [2.75, 3.05) is 18.4 Å². The highest BCUT2D eigenvalue weighted by atomic mass is 35.5. The van der Waals surface area contributed by atoms with Crippen LogP contribution in [0.1, 0.15) is 33.9 Å². The number of aromatic nitrogens is 3. The SMILES string of the molecule is O=C(Cn1c(Cl)cnc(NCC(F)(F)c2ccccn2)c1=O)NCc1ccccc1CNCC(c1ccccc1)c1ccccc1. The van der Waals surface area contributed by atoms with Crippen LogP contribution in [0.4, 0.5) is 14.6 Å². The summed E-state index contributed by atoms with van der Waals surface area (Å²) in [6.45, 7) is 0.179. The lowest BCUT2D eigenvalue weighted by Crippen LogP contribution is -2.35. The van der Waals surface area contributed by atoms with Crippen molar-refractivity contribution >= 4 is 23.3 Å². The van der Waals surface area contributed by atoms with E-state index < -0.39 is 36.2 Å². The van der Waals surface area contributed by atoms with Crippen LogP contribution in [-0.2, 0) is 30.4 Å². The minimum Gasteiger partial charge on any atom is -0.359 e. The van der Waals surface area contributed by atoms with Crippen LogP contribution < -0.4 is 21.5 Å². The summed E-state index contributed by atoms with van der Waals surface area (Å²) in [5, 5.41) is 8.69. The number of alkyl halides is 2. The van der Waals surface area contributed by atoms with E-state index in [4.69, 9.17) is 11.6 Å². The molecular formula is C35H33ClF2N6O2. The van der Waals surface area contributed by atoms with Gasteiger partial charge in [-0.3, -0.25) is 19.1 Å². The minimum atomic E-state index is -3.36. The first-order chi connectivity index (χ1) is 22.3. The van der Waals surface area contributed by atoms with Crippen LogP contribution >= 0.6 is 11.6 Å². The molecule has 8 nitrogen and oxygen atoms in total. The molecule has 3 aromatic carbocycles. The van der Waals surface area contributed by atoms with Crippen molar-refractivity contribution in [3.63, 3.8) is 0 Å². The van der Waals surface area contributed by atoms with Gasteiger partial charge < -0.3 is 16.0 Å². The predicted octanol–water partition coefficient (Wildman–Crippen LogP) is 5.73. The molecule has 46 heavy (non-hydrogen) atoms. The number of rotatable bonds is 14. The summed E-state index contributed by atoms with van der Waals surface area (Å²) < 4.78 is 30.1. The summed E-state index contributed by atoms with van der Waals surface area (Å²) >= 11 is 6.17. The summed E-state index contributed by atoms with van der Waals surface area (Å²) in [5.41, 5.74) is 3.11. The number of halogens is 3. The Bertz CT molecular complexity index is 1750. The van der Waals surface area contributed by atoms with Crippen LogP contribution in [0.3, 0.4) is 0 Å². The van der Waals surface area contributed by atoms with Gasteiger partial charge in [0.15, 0.2) is 5.82 Å². The van der Waals surface area contributed by atoms with Gasteiger partial charge in [-0.2, -0.15) is 8.78 Å². The first-order valence-corrected chi connectivity index (χ1v) is 15.1. The zero-order valence-corrected chi connectivity index (χ0v) is 25.6. The first kappa shape index (κ1) is 32.5. The van der Waals surface area contributed by atoms with Crippen molar-refractivity contribution < 1.29 is 13.6 Å². The van der Waals surface area contributed by atoms with Gasteiger partial charge in [-0.05, 0) is 34.4 Å². The highest BCUT2D eigenvalue weighted by molar-refractivity contribution is 6.29. The average molecular weight is 643 g/mol. The third-order valence-corrected chi connectivity index (χ3v) is 7.79. The topological polar surface area (TPSA) is 101 Å². The van der Waals surface area contributed by atoms with E-state index in [1.54, 1.807) is 0 Å². The maximum absolute atomic E-state index is 14.6. The number of pyridine rings is 1. The molecule has 0 aliphatic carbocycles. The molecule has 11 heteroatoms. The molecule has 0 unspecified atom stereocenters. The quantitative estimate of drug-likeness (QED) is 0.143. The van der Waals surface area contributed by atoms with Gasteiger partial charge in [0.05, 0.1) is 12.7 Å². The summed E-state index contributed by atoms with van der Waals surface area (Å²) in [6, 6.07) is 32.6. The number of hydrogen-bond acceptors (Lipinski definition) is 6. The number of benzene rings is 3. The monoisotopic (exact) mass is 642 g/mol. The molecule has 1 amide bonds. The average Bonchev–Trinajstić information content (AvgIpc) is 3.09. The van der Waals surface area contributed by atoms with Crippen LogP contribution in [0.15, 0.2) is 120 Å². The van der Waals surface area contributed by atoms with Crippen LogP contribution in [0, 0.1) is 0 Å². The highest BCUT2D eigenvalue weighted by Gasteiger charge is 2.33. The van der Waals surface area contributed by atoms with E-state index in [0.717, 1.165) is 21.9 Å². The molecule has 0 atom stereocenters. The number of amides is 1. The first-order valence-electron chi connectivity index (χ1n) is 14.7. The molecule has 0 saturated heterocycles. The lowest BCUT2D eigenvalue weighted by atomic mass is 9.91. The Morgan fingerprint density at radius 3 is 2.07 bits per heavy atom. The Labute approximate surface area is 270 Å². The van der Waals surface area contributed by atoms with E-state index in [0.29, 0.717) is 13.1 Å². The Hall–Kier alpha value is -4.93. The van der Waals surface area contributed by atoms with Gasteiger partial charge in [0.25, 0.3) is 5.56 Å². The zero-order valence-electron chi connectivity index (χ0n) is 24.9. The fourth-order valence-corrected chi connectivity index (χ4v) is 5.23. The van der Waals surface area contributed by atoms with Gasteiger partial charge in [0.1, 0.15) is 17.4 Å². The highest BCUT2D eigenvalue weighted by Crippen LogP contribution is 2.26. The fraction of sp³-hybridized carbons (Fsp3) is 0.200. The maximum Gasteiger partial charge on any atom is 0.306 e. The Kier molecular flexibility index (Phi) is 10.9. The molecule has 0 fully saturated rings. The standard InChI is InChI=1S/C35H33ClF2N6O2/c36-31-22-42-33(43-24-35(37,38)30-17-9-10-18-40-30)34(46)44(31)23-32(45)41-20-28-16-8-7-15-27(28)19-39-21-29(25-11-3-1-4-12-25)26-13-5-2-6-14-26/h1-18,22,29,39H,19-21,23-24H2,(H,41,45)(H,42,43). The van der Waals surface area contributed by atoms with Gasteiger partial charge in [-0.25, -0.2) is 4.98 Å². The summed E-state index contributed by atoms with van der Waals surface area (Å²) in [4.78, 5) is 33.5. The molecule has 0 aliphatic heterocycles. The van der Waals surface area contributed by atoms with E-state index in [2.05, 4.69) is 50.2 Å².